The lowest BCUT2D eigenvalue weighted by molar-refractivity contribution is 0.0592. The molecule has 0 fully saturated rings. The SMILES string of the molecule is COC(=O)c1ccc(-c2nc(-c3ccccc3O)nc(-c3cccc(N)c3O)n2)cc1.COC(=O)c1ccc(-c2nc(-c3ccccc3O)nc(-c3cccc(NS(C)(=O)=O)c3O)n2)cc1. The summed E-state index contributed by atoms with van der Waals surface area (Å²) < 4.78 is 35.1. The van der Waals surface area contributed by atoms with Gasteiger partial charge in [0.05, 0.1) is 65.2 Å². The second-order valence-corrected chi connectivity index (χ2v) is 15.9. The van der Waals surface area contributed by atoms with Crippen LogP contribution in [0.5, 0.6) is 23.0 Å². The number of aromatic hydroxyl groups is 4. The first kappa shape index (κ1) is 45.1. The quantitative estimate of drug-likeness (QED) is 0.0453. The zero-order valence-electron chi connectivity index (χ0n) is 35.1. The number of nitrogens with one attached hydrogen (secondary N) is 1. The summed E-state index contributed by atoms with van der Waals surface area (Å²) in [6.45, 7) is 0. The number of hydrogen-bond donors (Lipinski definition) is 6. The largest absolute Gasteiger partial charge is 0.507 e. The van der Waals surface area contributed by atoms with Crippen molar-refractivity contribution in [2.45, 2.75) is 0 Å². The van der Waals surface area contributed by atoms with Crippen molar-refractivity contribution >= 4 is 33.3 Å². The van der Waals surface area contributed by atoms with Crippen LogP contribution in [-0.2, 0) is 19.5 Å². The molecule has 8 aromatic rings. The number of phenolic OH excluding ortho intramolecular Hbond substituents is 4. The molecular formula is C47H38N8O10S. The maximum atomic E-state index is 11.8. The van der Waals surface area contributed by atoms with Crippen molar-refractivity contribution in [3.63, 3.8) is 0 Å². The Morgan fingerprint density at radius 2 is 0.848 bits per heavy atom. The van der Waals surface area contributed by atoms with Crippen LogP contribution in [0.25, 0.3) is 68.3 Å². The average molecular weight is 907 g/mol. The van der Waals surface area contributed by atoms with E-state index in [2.05, 4.69) is 34.6 Å². The minimum Gasteiger partial charge on any atom is -0.507 e. The Hall–Kier alpha value is -8.97. The van der Waals surface area contributed by atoms with Gasteiger partial charge in [-0.25, -0.2) is 47.9 Å². The predicted octanol–water partition coefficient (Wildman–Crippen LogP) is 7.09. The van der Waals surface area contributed by atoms with Crippen LogP contribution in [0.3, 0.4) is 0 Å². The van der Waals surface area contributed by atoms with Gasteiger partial charge in [-0.3, -0.25) is 4.72 Å². The molecule has 6 aromatic carbocycles. The number of ether oxygens (including phenoxy) is 2. The lowest BCUT2D eigenvalue weighted by Gasteiger charge is -2.12. The Kier molecular flexibility index (Phi) is 13.1. The number of sulfonamides is 1. The fraction of sp³-hybridized carbons (Fsp3) is 0.0638. The fourth-order valence-electron chi connectivity index (χ4n) is 6.31. The molecule has 8 rings (SSSR count). The molecule has 0 spiro atoms. The van der Waals surface area contributed by atoms with Crippen LogP contribution in [0.15, 0.2) is 133 Å². The Morgan fingerprint density at radius 3 is 1.26 bits per heavy atom. The summed E-state index contributed by atoms with van der Waals surface area (Å²) in [6, 6.07) is 35.4. The predicted molar refractivity (Wildman–Crippen MR) is 244 cm³/mol. The van der Waals surface area contributed by atoms with Crippen LogP contribution in [-0.4, -0.2) is 91.2 Å². The monoisotopic (exact) mass is 906 g/mol. The van der Waals surface area contributed by atoms with E-state index in [0.29, 0.717) is 44.8 Å². The van der Waals surface area contributed by atoms with Crippen molar-refractivity contribution in [3.05, 3.63) is 145 Å². The van der Waals surface area contributed by atoms with Crippen molar-refractivity contribution < 1.29 is 47.9 Å². The number of rotatable bonds is 10. The molecule has 0 saturated carbocycles. The molecule has 0 aliphatic rings. The summed E-state index contributed by atoms with van der Waals surface area (Å²) in [7, 11) is -1.06. The number of nitrogen functional groups attached to an aromatic ring is 1. The molecule has 0 aliphatic heterocycles. The zero-order chi connectivity index (χ0) is 47.1. The topological polar surface area (TPSA) is 283 Å². The molecule has 0 atom stereocenters. The van der Waals surface area contributed by atoms with Gasteiger partial charge in [-0.2, -0.15) is 0 Å². The first-order valence-electron chi connectivity index (χ1n) is 19.5. The van der Waals surface area contributed by atoms with E-state index in [1.165, 1.54) is 44.6 Å². The van der Waals surface area contributed by atoms with Gasteiger partial charge in [0, 0.05) is 11.1 Å². The number of carbonyl (C=O) groups is 2. The third-order valence-corrected chi connectivity index (χ3v) is 10.2. The normalized spacial score (nSPS) is 10.9. The summed E-state index contributed by atoms with van der Waals surface area (Å²) in [5.41, 5.74) is 9.04. The fourth-order valence-corrected chi connectivity index (χ4v) is 6.88. The maximum Gasteiger partial charge on any atom is 0.337 e. The van der Waals surface area contributed by atoms with E-state index in [1.54, 1.807) is 103 Å². The van der Waals surface area contributed by atoms with Crippen LogP contribution in [0.1, 0.15) is 20.7 Å². The van der Waals surface area contributed by atoms with Crippen LogP contribution >= 0.6 is 0 Å². The summed E-state index contributed by atoms with van der Waals surface area (Å²) in [4.78, 5) is 50.3. The highest BCUT2D eigenvalue weighted by Gasteiger charge is 2.21. The number of aromatic nitrogens is 6. The number of para-hydroxylation sites is 4. The molecule has 66 heavy (non-hydrogen) atoms. The maximum absolute atomic E-state index is 11.8. The van der Waals surface area contributed by atoms with Gasteiger partial charge < -0.3 is 35.6 Å². The van der Waals surface area contributed by atoms with Gasteiger partial charge in [-0.1, -0.05) is 60.7 Å². The van der Waals surface area contributed by atoms with E-state index in [9.17, 15) is 38.4 Å². The van der Waals surface area contributed by atoms with Gasteiger partial charge in [-0.15, -0.1) is 0 Å². The van der Waals surface area contributed by atoms with Gasteiger partial charge in [-0.05, 0) is 72.8 Å². The van der Waals surface area contributed by atoms with Gasteiger partial charge in [0.2, 0.25) is 10.0 Å². The van der Waals surface area contributed by atoms with E-state index < -0.39 is 22.0 Å². The number of nitrogens with zero attached hydrogens (tertiary/aromatic N) is 6. The Balaban J connectivity index is 0.000000198. The molecule has 0 radical (unpaired) electrons. The number of phenols is 4. The summed E-state index contributed by atoms with van der Waals surface area (Å²) in [5, 5.41) is 41.9. The van der Waals surface area contributed by atoms with Crippen LogP contribution < -0.4 is 10.5 Å². The molecular weight excluding hydrogens is 869 g/mol. The van der Waals surface area contributed by atoms with Crippen LogP contribution in [0.2, 0.25) is 0 Å². The Labute approximate surface area is 376 Å². The van der Waals surface area contributed by atoms with Crippen molar-refractivity contribution in [1.82, 2.24) is 29.9 Å². The third kappa shape index (κ3) is 10.1. The molecule has 0 saturated heterocycles. The van der Waals surface area contributed by atoms with Crippen LogP contribution in [0, 0.1) is 0 Å². The number of esters is 2. The van der Waals surface area contributed by atoms with Gasteiger partial charge in [0.25, 0.3) is 0 Å². The standard InChI is InChI=1S/C24H20N4O6S.C23H18N4O4/c1-34-24(31)15-12-10-14(11-13-15)21-25-22(16-6-3-4-9-19(16)29)27-23(26-21)17-7-5-8-18(20(17)30)28-35(2,32)33;1-31-23(30)14-11-9-13(10-12-14)20-25-21(15-5-2-3-8-18(15)28)27-22(26-20)16-6-4-7-17(24)19(16)29/h3-13,28-30H,1-2H3;2-12,28-29H,24H2,1H3. The summed E-state index contributed by atoms with van der Waals surface area (Å²) >= 11 is 0. The summed E-state index contributed by atoms with van der Waals surface area (Å²) in [6.07, 6.45) is 0.967. The lowest BCUT2D eigenvalue weighted by atomic mass is 10.1. The molecule has 19 heteroatoms. The van der Waals surface area contributed by atoms with Gasteiger partial charge in [0.15, 0.2) is 40.7 Å². The number of methoxy groups -OCH3 is 2. The van der Waals surface area contributed by atoms with Crippen molar-refractivity contribution in [2.75, 3.05) is 30.9 Å². The summed E-state index contributed by atoms with van der Waals surface area (Å²) in [5.74, 6) is -0.472. The highest BCUT2D eigenvalue weighted by Crippen LogP contribution is 2.38. The van der Waals surface area contributed by atoms with Gasteiger partial charge in [0.1, 0.15) is 17.2 Å². The molecule has 0 amide bonds. The van der Waals surface area contributed by atoms with Gasteiger partial charge >= 0.3 is 11.9 Å². The zero-order valence-corrected chi connectivity index (χ0v) is 35.9. The van der Waals surface area contributed by atoms with E-state index in [-0.39, 0.29) is 69.1 Å². The van der Waals surface area contributed by atoms with E-state index >= 15 is 0 Å². The number of benzene rings is 6. The second kappa shape index (κ2) is 19.2. The average Bonchev–Trinajstić information content (AvgIpc) is 3.32. The first-order chi connectivity index (χ1) is 31.6. The highest BCUT2D eigenvalue weighted by molar-refractivity contribution is 7.92. The Morgan fingerprint density at radius 1 is 0.485 bits per heavy atom. The minimum atomic E-state index is -3.65. The molecule has 7 N–H and O–H groups in total. The number of anilines is 2. The van der Waals surface area contributed by atoms with E-state index in [1.807, 2.05) is 0 Å². The molecule has 0 bridgehead atoms. The first-order valence-corrected chi connectivity index (χ1v) is 21.4. The van der Waals surface area contributed by atoms with Crippen molar-refractivity contribution in [2.24, 2.45) is 0 Å². The molecule has 2 heterocycles. The molecule has 0 unspecified atom stereocenters. The molecule has 18 nitrogen and oxygen atoms in total. The highest BCUT2D eigenvalue weighted by atomic mass is 32.2. The number of nitrogens with two attached hydrogens (primary N) is 1. The van der Waals surface area contributed by atoms with Crippen LogP contribution in [0.4, 0.5) is 11.4 Å². The smallest absolute Gasteiger partial charge is 0.337 e. The lowest BCUT2D eigenvalue weighted by Crippen LogP contribution is -2.10. The molecule has 2 aromatic heterocycles. The number of hydrogen-bond acceptors (Lipinski definition) is 17. The van der Waals surface area contributed by atoms with E-state index in [4.69, 9.17) is 15.2 Å². The molecule has 0 aliphatic carbocycles. The third-order valence-electron chi connectivity index (χ3n) is 9.57. The Bertz CT molecular complexity index is 3230. The minimum absolute atomic E-state index is 0.00318. The van der Waals surface area contributed by atoms with E-state index in [0.717, 1.165) is 6.26 Å². The van der Waals surface area contributed by atoms with Crippen molar-refractivity contribution in [3.8, 4) is 91.3 Å². The second-order valence-electron chi connectivity index (χ2n) is 14.1. The molecule has 332 valence electrons. The van der Waals surface area contributed by atoms with Crippen molar-refractivity contribution in [1.29, 1.82) is 0 Å². The number of carbonyl (C=O) groups excluding carboxylic acids is 2.